The molecule has 0 saturated heterocycles. The molecule has 0 radical (unpaired) electrons. The van der Waals surface area contributed by atoms with Crippen LogP contribution in [0.1, 0.15) is 36.1 Å². The fourth-order valence-electron chi connectivity index (χ4n) is 3.53. The predicted octanol–water partition coefficient (Wildman–Crippen LogP) is 4.75. The van der Waals surface area contributed by atoms with Gasteiger partial charge in [-0.2, -0.15) is 0 Å². The van der Waals surface area contributed by atoms with Crippen LogP contribution in [0.4, 0.5) is 0 Å². The number of hydrogen-bond acceptors (Lipinski definition) is 3. The van der Waals surface area contributed by atoms with Crippen molar-refractivity contribution in [3.63, 3.8) is 0 Å². The Morgan fingerprint density at radius 3 is 2.26 bits per heavy atom. The van der Waals surface area contributed by atoms with Crippen LogP contribution in [0.5, 0.6) is 11.5 Å². The topological polar surface area (TPSA) is 38.7 Å². The van der Waals surface area contributed by atoms with E-state index in [1.807, 2.05) is 80.6 Å². The molecule has 1 unspecified atom stereocenters. The third kappa shape index (κ3) is 4.02. The third-order valence-corrected chi connectivity index (χ3v) is 5.57. The Balaban J connectivity index is 1.76. The SMILES string of the molecule is COc1ccc2c(c1)OCC(C)(C)C2(O)C#Cc1ccccc1C#Cc1ccccc1. The summed E-state index contributed by atoms with van der Waals surface area (Å²) in [4.78, 5) is 0. The van der Waals surface area contributed by atoms with Gasteiger partial charge < -0.3 is 14.6 Å². The summed E-state index contributed by atoms with van der Waals surface area (Å²) in [6, 6.07) is 23.0. The van der Waals surface area contributed by atoms with Crippen molar-refractivity contribution in [1.82, 2.24) is 0 Å². The lowest BCUT2D eigenvalue weighted by Gasteiger charge is -2.43. The second-order valence-electron chi connectivity index (χ2n) is 8.16. The van der Waals surface area contributed by atoms with Crippen LogP contribution in [0.2, 0.25) is 0 Å². The molecule has 1 N–H and O–H groups in total. The highest BCUT2D eigenvalue weighted by atomic mass is 16.5. The van der Waals surface area contributed by atoms with Crippen LogP contribution in [0.25, 0.3) is 0 Å². The summed E-state index contributed by atoms with van der Waals surface area (Å²) in [5.74, 6) is 14.0. The molecule has 0 aliphatic carbocycles. The van der Waals surface area contributed by atoms with Gasteiger partial charge in [0.2, 0.25) is 0 Å². The minimum Gasteiger partial charge on any atom is -0.497 e. The van der Waals surface area contributed by atoms with Crippen molar-refractivity contribution in [1.29, 1.82) is 0 Å². The highest BCUT2D eigenvalue weighted by molar-refractivity contribution is 5.56. The molecule has 154 valence electrons. The molecule has 0 aromatic heterocycles. The lowest BCUT2D eigenvalue weighted by atomic mass is 9.70. The zero-order valence-electron chi connectivity index (χ0n) is 17.9. The van der Waals surface area contributed by atoms with Crippen LogP contribution in [-0.2, 0) is 5.60 Å². The normalized spacial score (nSPS) is 18.3. The average Bonchev–Trinajstić information content (AvgIpc) is 2.80. The summed E-state index contributed by atoms with van der Waals surface area (Å²) in [6.45, 7) is 4.25. The van der Waals surface area contributed by atoms with Gasteiger partial charge in [0, 0.05) is 33.7 Å². The Labute approximate surface area is 183 Å². The van der Waals surface area contributed by atoms with E-state index in [2.05, 4.69) is 23.7 Å². The van der Waals surface area contributed by atoms with E-state index in [1.165, 1.54) is 0 Å². The van der Waals surface area contributed by atoms with Crippen molar-refractivity contribution in [2.45, 2.75) is 19.4 Å². The van der Waals surface area contributed by atoms with Crippen LogP contribution < -0.4 is 9.47 Å². The van der Waals surface area contributed by atoms with Crippen molar-refractivity contribution in [3.05, 3.63) is 95.1 Å². The number of benzene rings is 3. The fraction of sp³-hybridized carbons (Fsp3) is 0.214. The molecule has 3 nitrogen and oxygen atoms in total. The first-order valence-electron chi connectivity index (χ1n) is 10.2. The van der Waals surface area contributed by atoms with E-state index in [0.29, 0.717) is 23.7 Å². The van der Waals surface area contributed by atoms with Crippen molar-refractivity contribution in [2.24, 2.45) is 5.41 Å². The smallest absolute Gasteiger partial charge is 0.163 e. The van der Waals surface area contributed by atoms with Gasteiger partial charge in [-0.15, -0.1) is 0 Å². The summed E-state index contributed by atoms with van der Waals surface area (Å²) < 4.78 is 11.2. The minimum atomic E-state index is -1.38. The molecule has 1 atom stereocenters. The molecule has 1 aliphatic rings. The molecule has 3 aromatic rings. The third-order valence-electron chi connectivity index (χ3n) is 5.57. The van der Waals surface area contributed by atoms with E-state index in [9.17, 15) is 5.11 Å². The van der Waals surface area contributed by atoms with Gasteiger partial charge in [0.15, 0.2) is 5.60 Å². The summed E-state index contributed by atoms with van der Waals surface area (Å²) in [5.41, 5.74) is 1.19. The van der Waals surface area contributed by atoms with Crippen LogP contribution in [0, 0.1) is 29.1 Å². The van der Waals surface area contributed by atoms with Crippen molar-refractivity contribution in [2.75, 3.05) is 13.7 Å². The second kappa shape index (κ2) is 8.23. The lowest BCUT2D eigenvalue weighted by Crippen LogP contribution is -2.48. The number of hydrogen-bond donors (Lipinski definition) is 1. The highest BCUT2D eigenvalue weighted by Gasteiger charge is 2.49. The van der Waals surface area contributed by atoms with Gasteiger partial charge in [-0.3, -0.25) is 0 Å². The molecule has 1 heterocycles. The number of methoxy groups -OCH3 is 1. The van der Waals surface area contributed by atoms with E-state index in [0.717, 1.165) is 16.7 Å². The largest absolute Gasteiger partial charge is 0.497 e. The summed E-state index contributed by atoms with van der Waals surface area (Å²) in [6.07, 6.45) is 0. The van der Waals surface area contributed by atoms with Crippen LogP contribution in [0.15, 0.2) is 72.8 Å². The van der Waals surface area contributed by atoms with Crippen LogP contribution in [0.3, 0.4) is 0 Å². The number of rotatable bonds is 1. The maximum atomic E-state index is 11.7. The molecular formula is C28H24O3. The molecule has 0 amide bonds. The molecule has 0 spiro atoms. The fourth-order valence-corrected chi connectivity index (χ4v) is 3.53. The summed E-state index contributed by atoms with van der Waals surface area (Å²) in [5, 5.41) is 11.7. The van der Waals surface area contributed by atoms with Gasteiger partial charge >= 0.3 is 0 Å². The number of aliphatic hydroxyl groups is 1. The molecule has 4 rings (SSSR count). The highest BCUT2D eigenvalue weighted by Crippen LogP contribution is 2.48. The summed E-state index contributed by atoms with van der Waals surface area (Å²) in [7, 11) is 1.61. The first-order chi connectivity index (χ1) is 14.9. The molecule has 3 heteroatoms. The Bertz CT molecular complexity index is 1220. The molecule has 0 saturated carbocycles. The van der Waals surface area contributed by atoms with E-state index < -0.39 is 11.0 Å². The van der Waals surface area contributed by atoms with Crippen LogP contribution in [-0.4, -0.2) is 18.8 Å². The van der Waals surface area contributed by atoms with Gasteiger partial charge in [0.25, 0.3) is 0 Å². The Hall–Kier alpha value is -3.66. The first-order valence-corrected chi connectivity index (χ1v) is 10.2. The van der Waals surface area contributed by atoms with Crippen LogP contribution >= 0.6 is 0 Å². The quantitative estimate of drug-likeness (QED) is 0.591. The molecule has 3 aromatic carbocycles. The van der Waals surface area contributed by atoms with Gasteiger partial charge in [-0.1, -0.05) is 67.9 Å². The number of fused-ring (bicyclic) bond motifs is 1. The van der Waals surface area contributed by atoms with Crippen molar-refractivity contribution >= 4 is 0 Å². The van der Waals surface area contributed by atoms with Gasteiger partial charge in [0.1, 0.15) is 11.5 Å². The molecule has 1 aliphatic heterocycles. The minimum absolute atomic E-state index is 0.341. The van der Waals surface area contributed by atoms with Crippen molar-refractivity contribution in [3.8, 4) is 35.2 Å². The number of ether oxygens (including phenoxy) is 2. The Morgan fingerprint density at radius 2 is 1.55 bits per heavy atom. The monoisotopic (exact) mass is 408 g/mol. The standard InChI is InChI=1S/C28H24O3/c1-27(2)20-31-26-19-24(30-3)15-16-25(26)28(27,29)18-17-23-12-8-7-11-22(23)14-13-21-9-5-4-6-10-21/h4-12,15-16,19,29H,20H2,1-3H3. The molecule has 0 fully saturated rings. The van der Waals surface area contributed by atoms with E-state index in [4.69, 9.17) is 9.47 Å². The Kier molecular flexibility index (Phi) is 5.47. The van der Waals surface area contributed by atoms with Crippen molar-refractivity contribution < 1.29 is 14.6 Å². The summed E-state index contributed by atoms with van der Waals surface area (Å²) >= 11 is 0. The maximum absolute atomic E-state index is 11.7. The zero-order valence-corrected chi connectivity index (χ0v) is 17.9. The first kappa shape index (κ1) is 20.6. The zero-order chi connectivity index (χ0) is 21.9. The molecule has 0 bridgehead atoms. The predicted molar refractivity (Wildman–Crippen MR) is 122 cm³/mol. The van der Waals surface area contributed by atoms with E-state index in [-0.39, 0.29) is 0 Å². The van der Waals surface area contributed by atoms with Gasteiger partial charge in [-0.05, 0) is 36.4 Å². The lowest BCUT2D eigenvalue weighted by molar-refractivity contribution is -0.0641. The van der Waals surface area contributed by atoms with Gasteiger partial charge in [-0.25, -0.2) is 0 Å². The average molecular weight is 408 g/mol. The molecular weight excluding hydrogens is 384 g/mol. The molecule has 31 heavy (non-hydrogen) atoms. The van der Waals surface area contributed by atoms with E-state index >= 15 is 0 Å². The van der Waals surface area contributed by atoms with Gasteiger partial charge in [0.05, 0.1) is 13.7 Å². The Morgan fingerprint density at radius 1 is 0.871 bits per heavy atom. The maximum Gasteiger partial charge on any atom is 0.163 e. The van der Waals surface area contributed by atoms with E-state index in [1.54, 1.807) is 13.2 Å². The second-order valence-corrected chi connectivity index (χ2v) is 8.16.